The van der Waals surface area contributed by atoms with Gasteiger partial charge in [-0.1, -0.05) is 17.7 Å². The van der Waals surface area contributed by atoms with Crippen molar-refractivity contribution in [3.8, 4) is 0 Å². The number of anilines is 1. The molecule has 7 heteroatoms. The Bertz CT molecular complexity index is 613. The van der Waals surface area contributed by atoms with E-state index >= 15 is 0 Å². The number of carbonyl (C=O) groups excluding carboxylic acids is 2. The first-order chi connectivity index (χ1) is 10.7. The van der Waals surface area contributed by atoms with Crippen molar-refractivity contribution in [1.82, 2.24) is 5.32 Å². The van der Waals surface area contributed by atoms with Crippen molar-refractivity contribution >= 4 is 29.3 Å². The van der Waals surface area contributed by atoms with Gasteiger partial charge < -0.3 is 10.1 Å². The van der Waals surface area contributed by atoms with Gasteiger partial charge in [0, 0.05) is 11.4 Å². The van der Waals surface area contributed by atoms with Crippen molar-refractivity contribution in [3.63, 3.8) is 0 Å². The molecule has 23 heavy (non-hydrogen) atoms. The van der Waals surface area contributed by atoms with Crippen molar-refractivity contribution in [1.29, 1.82) is 0 Å². The molecule has 1 aliphatic rings. The number of benzene rings is 1. The number of amides is 2. The van der Waals surface area contributed by atoms with Crippen LogP contribution in [0.3, 0.4) is 0 Å². The van der Waals surface area contributed by atoms with Crippen LogP contribution in [-0.4, -0.2) is 30.3 Å². The summed E-state index contributed by atoms with van der Waals surface area (Å²) in [6.07, 6.45) is -0.279. The van der Waals surface area contributed by atoms with Crippen molar-refractivity contribution in [2.24, 2.45) is 0 Å². The maximum absolute atomic E-state index is 12.6. The van der Waals surface area contributed by atoms with Crippen LogP contribution in [0.1, 0.15) is 33.3 Å². The van der Waals surface area contributed by atoms with E-state index in [1.165, 1.54) is 5.06 Å². The molecule has 2 amide bonds. The fraction of sp³-hybridized carbons (Fsp3) is 0.500. The molecule has 1 aromatic carbocycles. The number of hydrogen-bond donors (Lipinski definition) is 1. The zero-order valence-corrected chi connectivity index (χ0v) is 14.4. The maximum Gasteiger partial charge on any atom is 0.408 e. The minimum absolute atomic E-state index is 0.316. The lowest BCUT2D eigenvalue weighted by Crippen LogP contribution is -2.53. The average molecular weight is 341 g/mol. The third-order valence-electron chi connectivity index (χ3n) is 3.14. The van der Waals surface area contributed by atoms with Gasteiger partial charge in [-0.3, -0.25) is 9.63 Å². The SMILES string of the molecule is CCON1C(=O)[C@@H](NC(=O)OC(C)(C)C)Cc2ccc(Cl)cc21. The molecule has 1 heterocycles. The van der Waals surface area contributed by atoms with Gasteiger partial charge in [-0.05, 0) is 45.4 Å². The predicted molar refractivity (Wildman–Crippen MR) is 87.4 cm³/mol. The number of fused-ring (bicyclic) bond motifs is 1. The molecule has 1 aromatic rings. The maximum atomic E-state index is 12.6. The Kier molecular flexibility index (Phi) is 5.16. The van der Waals surface area contributed by atoms with Gasteiger partial charge >= 0.3 is 6.09 Å². The molecule has 0 saturated heterocycles. The van der Waals surface area contributed by atoms with Crippen LogP contribution in [0.4, 0.5) is 10.5 Å². The number of hydroxylamine groups is 1. The van der Waals surface area contributed by atoms with Crippen LogP contribution in [0.2, 0.25) is 5.02 Å². The van der Waals surface area contributed by atoms with Gasteiger partial charge in [0.1, 0.15) is 11.6 Å². The molecule has 0 saturated carbocycles. The highest BCUT2D eigenvalue weighted by molar-refractivity contribution is 6.31. The van der Waals surface area contributed by atoms with E-state index in [2.05, 4.69) is 5.32 Å². The fourth-order valence-electron chi connectivity index (χ4n) is 2.29. The van der Waals surface area contributed by atoms with Crippen molar-refractivity contribution < 1.29 is 19.2 Å². The molecular weight excluding hydrogens is 320 g/mol. The number of halogens is 1. The molecule has 0 aromatic heterocycles. The Hall–Kier alpha value is -1.79. The van der Waals surface area contributed by atoms with Gasteiger partial charge in [-0.25, -0.2) is 4.79 Å². The molecule has 2 rings (SSSR count). The summed E-state index contributed by atoms with van der Waals surface area (Å²) in [6.45, 7) is 7.39. The molecule has 0 fully saturated rings. The first kappa shape index (κ1) is 17.6. The Morgan fingerprint density at radius 2 is 2.13 bits per heavy atom. The van der Waals surface area contributed by atoms with Gasteiger partial charge in [-0.15, -0.1) is 0 Å². The number of ether oxygens (including phenoxy) is 1. The predicted octanol–water partition coefficient (Wildman–Crippen LogP) is 3.07. The topological polar surface area (TPSA) is 67.9 Å². The second-order valence-electron chi connectivity index (χ2n) is 6.23. The quantitative estimate of drug-likeness (QED) is 0.918. The highest BCUT2D eigenvalue weighted by atomic mass is 35.5. The molecule has 0 aliphatic carbocycles. The lowest BCUT2D eigenvalue weighted by atomic mass is 9.99. The van der Waals surface area contributed by atoms with Crippen LogP contribution in [0.15, 0.2) is 18.2 Å². The van der Waals surface area contributed by atoms with Crippen LogP contribution in [-0.2, 0) is 20.8 Å². The van der Waals surface area contributed by atoms with Crippen LogP contribution >= 0.6 is 11.6 Å². The number of carbonyl (C=O) groups is 2. The summed E-state index contributed by atoms with van der Waals surface area (Å²) in [6, 6.07) is 4.49. The first-order valence-electron chi connectivity index (χ1n) is 7.46. The fourth-order valence-corrected chi connectivity index (χ4v) is 2.46. The summed E-state index contributed by atoms with van der Waals surface area (Å²) in [4.78, 5) is 29.9. The minimum atomic E-state index is -0.745. The summed E-state index contributed by atoms with van der Waals surface area (Å²) in [5, 5.41) is 4.30. The van der Waals surface area contributed by atoms with Crippen LogP contribution in [0.5, 0.6) is 0 Å². The highest BCUT2D eigenvalue weighted by Crippen LogP contribution is 2.31. The van der Waals surface area contributed by atoms with E-state index in [0.717, 1.165) is 5.56 Å². The molecule has 126 valence electrons. The molecule has 0 radical (unpaired) electrons. The Morgan fingerprint density at radius 1 is 1.43 bits per heavy atom. The van der Waals surface area contributed by atoms with Gasteiger partial charge in [0.15, 0.2) is 0 Å². The molecule has 0 bridgehead atoms. The molecule has 0 unspecified atom stereocenters. The van der Waals surface area contributed by atoms with Gasteiger partial charge in [0.25, 0.3) is 5.91 Å². The summed E-state index contributed by atoms with van der Waals surface area (Å²) in [5.41, 5.74) is 0.836. The second-order valence-corrected chi connectivity index (χ2v) is 6.66. The van der Waals surface area contributed by atoms with Crippen molar-refractivity contribution in [3.05, 3.63) is 28.8 Å². The van der Waals surface area contributed by atoms with Gasteiger partial charge in [0.05, 0.1) is 12.3 Å². The average Bonchev–Trinajstić information content (AvgIpc) is 2.42. The summed E-state index contributed by atoms with van der Waals surface area (Å²) in [7, 11) is 0. The van der Waals surface area contributed by atoms with E-state index in [1.807, 2.05) is 6.07 Å². The first-order valence-corrected chi connectivity index (χ1v) is 7.84. The molecule has 1 atom stereocenters. The van der Waals surface area contributed by atoms with E-state index in [9.17, 15) is 9.59 Å². The number of alkyl carbamates (subject to hydrolysis) is 1. The van der Waals surface area contributed by atoms with Gasteiger partial charge in [-0.2, -0.15) is 5.06 Å². The number of nitrogens with zero attached hydrogens (tertiary/aromatic N) is 1. The highest BCUT2D eigenvalue weighted by Gasteiger charge is 2.35. The zero-order chi connectivity index (χ0) is 17.2. The molecular formula is C16H21ClN2O4. The summed E-state index contributed by atoms with van der Waals surface area (Å²) in [5.74, 6) is -0.354. The Morgan fingerprint density at radius 3 is 2.74 bits per heavy atom. The Balaban J connectivity index is 2.22. The van der Waals surface area contributed by atoms with E-state index < -0.39 is 17.7 Å². The standard InChI is InChI=1S/C16H21ClN2O4/c1-5-22-19-13-9-11(17)7-6-10(13)8-12(14(19)20)18-15(21)23-16(2,3)4/h6-7,9,12H,5,8H2,1-4H3,(H,18,21)/t12-/m0/s1. The summed E-state index contributed by atoms with van der Waals surface area (Å²) < 4.78 is 5.21. The molecule has 1 aliphatic heterocycles. The zero-order valence-electron chi connectivity index (χ0n) is 13.7. The Labute approximate surface area is 140 Å². The van der Waals surface area contributed by atoms with E-state index in [-0.39, 0.29) is 5.91 Å². The molecule has 1 N–H and O–H groups in total. The third-order valence-corrected chi connectivity index (χ3v) is 3.37. The normalized spacial score (nSPS) is 17.7. The lowest BCUT2D eigenvalue weighted by molar-refractivity contribution is -0.128. The van der Waals surface area contributed by atoms with E-state index in [4.69, 9.17) is 21.2 Å². The van der Waals surface area contributed by atoms with Gasteiger partial charge in [0.2, 0.25) is 0 Å². The minimum Gasteiger partial charge on any atom is -0.444 e. The molecule has 0 spiro atoms. The lowest BCUT2D eigenvalue weighted by Gasteiger charge is -2.33. The van der Waals surface area contributed by atoms with Crippen LogP contribution in [0, 0.1) is 0 Å². The van der Waals surface area contributed by atoms with Crippen LogP contribution in [0.25, 0.3) is 0 Å². The van der Waals surface area contributed by atoms with E-state index in [1.54, 1.807) is 39.8 Å². The largest absolute Gasteiger partial charge is 0.444 e. The molecule has 6 nitrogen and oxygen atoms in total. The number of rotatable bonds is 3. The number of nitrogens with one attached hydrogen (secondary N) is 1. The second kappa shape index (κ2) is 6.76. The van der Waals surface area contributed by atoms with Crippen molar-refractivity contribution in [2.45, 2.75) is 45.8 Å². The smallest absolute Gasteiger partial charge is 0.408 e. The summed E-state index contributed by atoms with van der Waals surface area (Å²) >= 11 is 6.00. The van der Waals surface area contributed by atoms with Crippen molar-refractivity contribution in [2.75, 3.05) is 11.7 Å². The third kappa shape index (κ3) is 4.36. The monoisotopic (exact) mass is 340 g/mol. The number of hydrogen-bond acceptors (Lipinski definition) is 4. The van der Waals surface area contributed by atoms with E-state index in [0.29, 0.717) is 23.7 Å². The van der Waals surface area contributed by atoms with Crippen LogP contribution < -0.4 is 10.4 Å².